The van der Waals surface area contributed by atoms with E-state index in [2.05, 4.69) is 56.6 Å². The van der Waals surface area contributed by atoms with Gasteiger partial charge in [-0.25, -0.2) is 0 Å². The third kappa shape index (κ3) is 5.10. The largest absolute Gasteiger partial charge is 0.309 e. The van der Waals surface area contributed by atoms with Crippen LogP contribution in [0.3, 0.4) is 0 Å². The summed E-state index contributed by atoms with van der Waals surface area (Å²) >= 11 is 2.07. The zero-order valence-corrected chi connectivity index (χ0v) is 13.8. The van der Waals surface area contributed by atoms with Crippen molar-refractivity contribution < 1.29 is 0 Å². The number of nitrogens with zero attached hydrogens (tertiary/aromatic N) is 1. The molecule has 18 heavy (non-hydrogen) atoms. The minimum absolute atomic E-state index is 0.280. The van der Waals surface area contributed by atoms with Crippen molar-refractivity contribution in [2.24, 2.45) is 5.92 Å². The Labute approximate surface area is 118 Å². The zero-order valence-electron chi connectivity index (χ0n) is 13.0. The molecule has 1 N–H and O–H groups in total. The monoisotopic (exact) mass is 272 g/mol. The molecule has 0 amide bonds. The molecule has 2 nitrogen and oxygen atoms in total. The lowest BCUT2D eigenvalue weighted by Gasteiger charge is -2.47. The van der Waals surface area contributed by atoms with E-state index in [-0.39, 0.29) is 5.54 Å². The Morgan fingerprint density at radius 3 is 2.72 bits per heavy atom. The van der Waals surface area contributed by atoms with Gasteiger partial charge in [0.15, 0.2) is 0 Å². The average Bonchev–Trinajstić information content (AvgIpc) is 2.33. The van der Waals surface area contributed by atoms with Crippen LogP contribution in [0.15, 0.2) is 0 Å². The third-order valence-electron chi connectivity index (χ3n) is 4.10. The lowest BCUT2D eigenvalue weighted by atomic mass is 9.90. The van der Waals surface area contributed by atoms with Crippen molar-refractivity contribution in [1.82, 2.24) is 10.2 Å². The molecule has 0 aromatic heterocycles. The lowest BCUT2D eigenvalue weighted by Crippen LogP contribution is -2.63. The molecule has 3 heteroatoms. The first-order valence-electron chi connectivity index (χ1n) is 7.57. The van der Waals surface area contributed by atoms with E-state index in [4.69, 9.17) is 0 Å². The molecule has 1 rings (SSSR count). The lowest BCUT2D eigenvalue weighted by molar-refractivity contribution is 0.0641. The Morgan fingerprint density at radius 2 is 2.11 bits per heavy atom. The van der Waals surface area contributed by atoms with Crippen molar-refractivity contribution in [3.63, 3.8) is 0 Å². The summed E-state index contributed by atoms with van der Waals surface area (Å²) in [6, 6.07) is 0.731. The average molecular weight is 273 g/mol. The molecule has 108 valence electrons. The van der Waals surface area contributed by atoms with Gasteiger partial charge in [-0.1, -0.05) is 27.2 Å². The fourth-order valence-electron chi connectivity index (χ4n) is 2.78. The second kappa shape index (κ2) is 7.76. The van der Waals surface area contributed by atoms with E-state index in [1.165, 1.54) is 37.4 Å². The van der Waals surface area contributed by atoms with Gasteiger partial charge in [-0.2, -0.15) is 11.8 Å². The molecule has 0 aromatic rings. The topological polar surface area (TPSA) is 15.3 Å². The van der Waals surface area contributed by atoms with E-state index in [0.717, 1.165) is 18.5 Å². The summed E-state index contributed by atoms with van der Waals surface area (Å²) in [5, 5.41) is 3.71. The summed E-state index contributed by atoms with van der Waals surface area (Å²) in [4.78, 5) is 2.74. The maximum absolute atomic E-state index is 3.71. The minimum atomic E-state index is 0.280. The molecule has 2 unspecified atom stereocenters. The highest BCUT2D eigenvalue weighted by Crippen LogP contribution is 2.22. The fraction of sp³-hybridized carbons (Fsp3) is 1.00. The van der Waals surface area contributed by atoms with Gasteiger partial charge in [0, 0.05) is 24.7 Å². The van der Waals surface area contributed by atoms with Crippen LogP contribution in [-0.2, 0) is 0 Å². The Kier molecular flexibility index (Phi) is 7.04. The number of piperazine rings is 1. The molecule has 0 aliphatic carbocycles. The standard InChI is InChI=1S/C15H32N2S/c1-6-13(3)14-11-16-15(4,5)12-17(14)9-8-10-18-7-2/h13-14,16H,6-12H2,1-5H3. The smallest absolute Gasteiger partial charge is 0.0252 e. The van der Waals surface area contributed by atoms with E-state index in [1.54, 1.807) is 0 Å². The van der Waals surface area contributed by atoms with Crippen LogP contribution in [0.5, 0.6) is 0 Å². The maximum Gasteiger partial charge on any atom is 0.0252 e. The van der Waals surface area contributed by atoms with Gasteiger partial charge >= 0.3 is 0 Å². The van der Waals surface area contributed by atoms with Crippen molar-refractivity contribution in [2.75, 3.05) is 31.1 Å². The molecule has 1 aliphatic heterocycles. The van der Waals surface area contributed by atoms with Crippen LogP contribution >= 0.6 is 11.8 Å². The second-order valence-electron chi connectivity index (χ2n) is 6.24. The molecular weight excluding hydrogens is 240 g/mol. The highest BCUT2D eigenvalue weighted by molar-refractivity contribution is 7.99. The number of hydrogen-bond acceptors (Lipinski definition) is 3. The first kappa shape index (κ1) is 16.3. The molecular formula is C15H32N2S. The van der Waals surface area contributed by atoms with Gasteiger partial charge in [0.25, 0.3) is 0 Å². The predicted octanol–water partition coefficient (Wildman–Crippen LogP) is 3.23. The molecule has 1 aliphatic rings. The molecule has 0 aromatic carbocycles. The molecule has 0 saturated carbocycles. The van der Waals surface area contributed by atoms with Crippen LogP contribution in [0.4, 0.5) is 0 Å². The van der Waals surface area contributed by atoms with Crippen LogP contribution < -0.4 is 5.32 Å². The Bertz CT molecular complexity index is 231. The SMILES string of the molecule is CCSCCCN1CC(C)(C)NCC1C(C)CC. The Morgan fingerprint density at radius 1 is 1.39 bits per heavy atom. The van der Waals surface area contributed by atoms with Gasteiger partial charge in [0.2, 0.25) is 0 Å². The van der Waals surface area contributed by atoms with Gasteiger partial charge in [-0.3, -0.25) is 4.90 Å². The summed E-state index contributed by atoms with van der Waals surface area (Å²) in [5.41, 5.74) is 0.280. The van der Waals surface area contributed by atoms with E-state index in [0.29, 0.717) is 0 Å². The molecule has 1 saturated heterocycles. The molecule has 2 atom stereocenters. The molecule has 1 heterocycles. The molecule has 0 bridgehead atoms. The van der Waals surface area contributed by atoms with Gasteiger partial charge < -0.3 is 5.32 Å². The van der Waals surface area contributed by atoms with Gasteiger partial charge in [0.1, 0.15) is 0 Å². The zero-order chi connectivity index (χ0) is 13.6. The summed E-state index contributed by atoms with van der Waals surface area (Å²) < 4.78 is 0. The van der Waals surface area contributed by atoms with Crippen LogP contribution in [0.1, 0.15) is 47.5 Å². The number of thioether (sulfide) groups is 1. The van der Waals surface area contributed by atoms with Crippen LogP contribution in [0, 0.1) is 5.92 Å². The first-order chi connectivity index (χ1) is 8.50. The second-order valence-corrected chi connectivity index (χ2v) is 7.63. The Hall–Kier alpha value is 0.270. The molecule has 1 fully saturated rings. The highest BCUT2D eigenvalue weighted by atomic mass is 32.2. The van der Waals surface area contributed by atoms with Crippen molar-refractivity contribution >= 4 is 11.8 Å². The number of hydrogen-bond donors (Lipinski definition) is 1. The normalized spacial score (nSPS) is 26.2. The van der Waals surface area contributed by atoms with Gasteiger partial charge in [-0.15, -0.1) is 0 Å². The summed E-state index contributed by atoms with van der Waals surface area (Å²) in [6.45, 7) is 15.2. The number of nitrogens with one attached hydrogen (secondary N) is 1. The first-order valence-corrected chi connectivity index (χ1v) is 8.72. The van der Waals surface area contributed by atoms with E-state index < -0.39 is 0 Å². The summed E-state index contributed by atoms with van der Waals surface area (Å²) in [7, 11) is 0. The van der Waals surface area contributed by atoms with Crippen molar-refractivity contribution in [2.45, 2.75) is 59.0 Å². The third-order valence-corrected chi connectivity index (χ3v) is 5.08. The van der Waals surface area contributed by atoms with Crippen molar-refractivity contribution in [1.29, 1.82) is 0 Å². The van der Waals surface area contributed by atoms with E-state index in [1.807, 2.05) is 0 Å². The maximum atomic E-state index is 3.71. The van der Waals surface area contributed by atoms with Crippen molar-refractivity contribution in [3.8, 4) is 0 Å². The summed E-state index contributed by atoms with van der Waals surface area (Å²) in [5.74, 6) is 3.36. The highest BCUT2D eigenvalue weighted by Gasteiger charge is 2.34. The van der Waals surface area contributed by atoms with Crippen LogP contribution in [0.25, 0.3) is 0 Å². The van der Waals surface area contributed by atoms with Gasteiger partial charge in [-0.05, 0) is 44.2 Å². The van der Waals surface area contributed by atoms with Crippen LogP contribution in [-0.4, -0.2) is 47.6 Å². The minimum Gasteiger partial charge on any atom is -0.309 e. The number of rotatable bonds is 7. The Balaban J connectivity index is 2.49. The van der Waals surface area contributed by atoms with Gasteiger partial charge in [0.05, 0.1) is 0 Å². The fourth-order valence-corrected chi connectivity index (χ4v) is 3.40. The van der Waals surface area contributed by atoms with E-state index >= 15 is 0 Å². The quantitative estimate of drug-likeness (QED) is 0.716. The van der Waals surface area contributed by atoms with E-state index in [9.17, 15) is 0 Å². The molecule has 0 radical (unpaired) electrons. The van der Waals surface area contributed by atoms with Crippen LogP contribution in [0.2, 0.25) is 0 Å². The summed E-state index contributed by atoms with van der Waals surface area (Å²) in [6.07, 6.45) is 2.62. The van der Waals surface area contributed by atoms with Crippen molar-refractivity contribution in [3.05, 3.63) is 0 Å². The molecule has 0 spiro atoms. The predicted molar refractivity (Wildman–Crippen MR) is 84.5 cm³/mol.